The van der Waals surface area contributed by atoms with Gasteiger partial charge < -0.3 is 18.8 Å². The fourth-order valence-corrected chi connectivity index (χ4v) is 4.25. The van der Waals surface area contributed by atoms with Gasteiger partial charge in [0.15, 0.2) is 6.10 Å². The van der Waals surface area contributed by atoms with Crippen LogP contribution in [0.15, 0.2) is 49.1 Å². The van der Waals surface area contributed by atoms with E-state index in [0.29, 0.717) is 23.6 Å². The molecule has 2 aromatic carbocycles. The summed E-state index contributed by atoms with van der Waals surface area (Å²) >= 11 is 0. The molecule has 4 rings (SSSR count). The summed E-state index contributed by atoms with van der Waals surface area (Å²) in [7, 11) is 1.13. The molecule has 9 heteroatoms. The molecule has 1 atom stereocenters. The van der Waals surface area contributed by atoms with Crippen molar-refractivity contribution in [1.82, 2.24) is 9.55 Å². The van der Waals surface area contributed by atoms with Crippen molar-refractivity contribution in [3.63, 3.8) is 0 Å². The first-order valence-corrected chi connectivity index (χ1v) is 11.2. The van der Waals surface area contributed by atoms with Crippen LogP contribution >= 0.6 is 0 Å². The van der Waals surface area contributed by atoms with E-state index in [1.807, 2.05) is 6.07 Å². The van der Waals surface area contributed by atoms with Gasteiger partial charge >= 0.3 is 12.1 Å². The maximum Gasteiger partial charge on any atom is 0.416 e. The van der Waals surface area contributed by atoms with Crippen LogP contribution < -0.4 is 4.74 Å². The summed E-state index contributed by atoms with van der Waals surface area (Å²) in [5.41, 5.74) is -0.176. The largest absolute Gasteiger partial charge is 0.493 e. The second-order valence-electron chi connectivity index (χ2n) is 9.30. The molecular weight excluding hydrogens is 461 g/mol. The maximum absolute atomic E-state index is 14.4. The number of alkyl halides is 3. The zero-order valence-electron chi connectivity index (χ0n) is 20.0. The molecule has 0 saturated heterocycles. The molecule has 2 heterocycles. The summed E-state index contributed by atoms with van der Waals surface area (Å²) in [6, 6.07) is 7.63. The van der Waals surface area contributed by atoms with Crippen LogP contribution in [-0.4, -0.2) is 34.8 Å². The lowest BCUT2D eigenvalue weighted by molar-refractivity contribution is -0.166. The lowest BCUT2D eigenvalue weighted by atomic mass is 9.88. The van der Waals surface area contributed by atoms with Gasteiger partial charge in [0.1, 0.15) is 5.75 Å². The minimum absolute atomic E-state index is 0.214. The number of benzene rings is 2. The Kier molecular flexibility index (Phi) is 6.64. The average molecular weight is 489 g/mol. The highest BCUT2D eigenvalue weighted by atomic mass is 19.4. The van der Waals surface area contributed by atoms with Gasteiger partial charge in [-0.25, -0.2) is 9.78 Å². The maximum atomic E-state index is 14.4. The van der Waals surface area contributed by atoms with E-state index in [-0.39, 0.29) is 11.1 Å². The molecule has 0 radical (unpaired) electrons. The molecule has 0 saturated carbocycles. The number of esters is 1. The number of carbonyl (C=O) groups excluding carboxylic acids is 1. The van der Waals surface area contributed by atoms with Gasteiger partial charge in [0, 0.05) is 23.5 Å². The highest BCUT2D eigenvalue weighted by Gasteiger charge is 2.42. The second-order valence-corrected chi connectivity index (χ2v) is 9.30. The molecule has 0 bridgehead atoms. The van der Waals surface area contributed by atoms with Crippen LogP contribution in [-0.2, 0) is 26.9 Å². The van der Waals surface area contributed by atoms with Gasteiger partial charge in [0.2, 0.25) is 0 Å². The first-order valence-electron chi connectivity index (χ1n) is 11.2. The molecule has 1 unspecified atom stereocenters. The van der Waals surface area contributed by atoms with Gasteiger partial charge in [-0.3, -0.25) is 0 Å². The fraction of sp³-hybridized carbons (Fsp3) is 0.385. The predicted molar refractivity (Wildman–Crippen MR) is 123 cm³/mol. The van der Waals surface area contributed by atoms with Crippen molar-refractivity contribution in [3.8, 4) is 22.6 Å². The number of rotatable bonds is 5. The molecule has 6 nitrogen and oxygen atoms in total. The Labute approximate surface area is 201 Å². The van der Waals surface area contributed by atoms with E-state index in [0.717, 1.165) is 31.6 Å². The molecule has 1 aliphatic rings. The predicted octanol–water partition coefficient (Wildman–Crippen LogP) is 5.91. The van der Waals surface area contributed by atoms with Crippen molar-refractivity contribution in [2.75, 3.05) is 13.7 Å². The van der Waals surface area contributed by atoms with Crippen molar-refractivity contribution in [2.24, 2.45) is 0 Å². The summed E-state index contributed by atoms with van der Waals surface area (Å²) in [6.45, 7) is 5.61. The van der Waals surface area contributed by atoms with Crippen LogP contribution in [0.3, 0.4) is 0 Å². The van der Waals surface area contributed by atoms with Crippen LogP contribution in [0.4, 0.5) is 13.2 Å². The number of hydrogen-bond acceptors (Lipinski definition) is 5. The third kappa shape index (κ3) is 5.19. The van der Waals surface area contributed by atoms with E-state index in [2.05, 4.69) is 4.98 Å². The van der Waals surface area contributed by atoms with E-state index >= 15 is 0 Å². The Hall–Kier alpha value is -3.33. The number of aromatic nitrogens is 2. The standard InChI is InChI=1S/C26H27F3N2O4/c1-25(2,3)35-23(24(32)33-4)22-18(26(27,28)29)8-9-19(31-12-11-30-15-31)21(22)17-7-10-20-16(14-17)6-5-13-34-20/h7-12,14-15,23H,5-6,13H2,1-4H3. The molecule has 0 aliphatic carbocycles. The van der Waals surface area contributed by atoms with Crippen molar-refractivity contribution in [1.29, 1.82) is 0 Å². The fourth-order valence-electron chi connectivity index (χ4n) is 4.25. The van der Waals surface area contributed by atoms with Gasteiger partial charge in [-0.15, -0.1) is 0 Å². The van der Waals surface area contributed by atoms with E-state index in [4.69, 9.17) is 14.2 Å². The van der Waals surface area contributed by atoms with E-state index in [1.165, 1.54) is 18.6 Å². The number of methoxy groups -OCH3 is 1. The summed E-state index contributed by atoms with van der Waals surface area (Å²) in [5.74, 6) is -0.219. The molecule has 3 aromatic rings. The number of aryl methyl sites for hydroxylation is 1. The topological polar surface area (TPSA) is 62.6 Å². The Morgan fingerprint density at radius 2 is 1.94 bits per heavy atom. The summed E-state index contributed by atoms with van der Waals surface area (Å²) < 4.78 is 61.4. The average Bonchev–Trinajstić information content (AvgIpc) is 3.34. The Balaban J connectivity index is 2.09. The number of fused-ring (bicyclic) bond motifs is 1. The molecule has 35 heavy (non-hydrogen) atoms. The summed E-state index contributed by atoms with van der Waals surface area (Å²) in [4.78, 5) is 17.0. The number of hydrogen-bond donors (Lipinski definition) is 0. The summed E-state index contributed by atoms with van der Waals surface area (Å²) in [6.07, 6.45) is -0.171. The molecule has 0 amide bonds. The van der Waals surface area contributed by atoms with Crippen molar-refractivity contribution in [3.05, 3.63) is 65.7 Å². The molecule has 1 aliphatic heterocycles. The molecular formula is C26H27F3N2O4. The lowest BCUT2D eigenvalue weighted by Crippen LogP contribution is -2.30. The van der Waals surface area contributed by atoms with Crippen molar-refractivity contribution >= 4 is 5.97 Å². The molecule has 0 spiro atoms. The highest BCUT2D eigenvalue weighted by molar-refractivity contribution is 5.86. The third-order valence-corrected chi connectivity index (χ3v) is 5.66. The smallest absolute Gasteiger partial charge is 0.416 e. The number of halogens is 3. The van der Waals surface area contributed by atoms with E-state index < -0.39 is 29.4 Å². The van der Waals surface area contributed by atoms with Crippen LogP contribution in [0, 0.1) is 0 Å². The minimum atomic E-state index is -4.75. The first kappa shape index (κ1) is 24.8. The highest BCUT2D eigenvalue weighted by Crippen LogP contribution is 2.46. The number of ether oxygens (including phenoxy) is 3. The number of carbonyl (C=O) groups is 1. The zero-order valence-corrected chi connectivity index (χ0v) is 20.0. The zero-order chi connectivity index (χ0) is 25.4. The lowest BCUT2D eigenvalue weighted by Gasteiger charge is -2.30. The van der Waals surface area contributed by atoms with Gasteiger partial charge in [-0.1, -0.05) is 6.07 Å². The SMILES string of the molecule is COC(=O)C(OC(C)(C)C)c1c(C(F)(F)F)ccc(-n2ccnc2)c1-c1ccc2c(c1)CCCO2. The van der Waals surface area contributed by atoms with E-state index in [1.54, 1.807) is 43.7 Å². The quantitative estimate of drug-likeness (QED) is 0.418. The Bertz CT molecular complexity index is 1210. The summed E-state index contributed by atoms with van der Waals surface area (Å²) in [5, 5.41) is 0. The molecule has 0 N–H and O–H groups in total. The Morgan fingerprint density at radius 1 is 1.17 bits per heavy atom. The second kappa shape index (κ2) is 9.37. The van der Waals surface area contributed by atoms with Crippen molar-refractivity contribution < 1.29 is 32.2 Å². The van der Waals surface area contributed by atoms with Crippen LogP contribution in [0.1, 0.15) is 50.0 Å². The Morgan fingerprint density at radius 3 is 2.57 bits per heavy atom. The molecule has 1 aromatic heterocycles. The van der Waals surface area contributed by atoms with Crippen LogP contribution in [0.25, 0.3) is 16.8 Å². The molecule has 0 fully saturated rings. The van der Waals surface area contributed by atoms with Gasteiger partial charge in [0.25, 0.3) is 0 Å². The van der Waals surface area contributed by atoms with Gasteiger partial charge in [0.05, 0.1) is 36.9 Å². The molecule has 186 valence electrons. The first-order chi connectivity index (χ1) is 16.5. The normalized spacial score (nSPS) is 14.7. The minimum Gasteiger partial charge on any atom is -0.493 e. The third-order valence-electron chi connectivity index (χ3n) is 5.66. The number of imidazole rings is 1. The van der Waals surface area contributed by atoms with Crippen LogP contribution in [0.5, 0.6) is 5.75 Å². The number of nitrogens with zero attached hydrogens (tertiary/aromatic N) is 2. The van der Waals surface area contributed by atoms with Crippen LogP contribution in [0.2, 0.25) is 0 Å². The van der Waals surface area contributed by atoms with Gasteiger partial charge in [-0.05, 0) is 69.0 Å². The van der Waals surface area contributed by atoms with E-state index in [9.17, 15) is 18.0 Å². The van der Waals surface area contributed by atoms with Crippen molar-refractivity contribution in [2.45, 2.75) is 51.5 Å². The monoisotopic (exact) mass is 488 g/mol. The van der Waals surface area contributed by atoms with Gasteiger partial charge in [-0.2, -0.15) is 13.2 Å².